The summed E-state index contributed by atoms with van der Waals surface area (Å²) < 4.78 is 5.92. The van der Waals surface area contributed by atoms with Crippen molar-refractivity contribution in [2.24, 2.45) is 0 Å². The van der Waals surface area contributed by atoms with Gasteiger partial charge in [-0.25, -0.2) is 0 Å². The summed E-state index contributed by atoms with van der Waals surface area (Å²) in [5, 5.41) is 2.06. The van der Waals surface area contributed by atoms with Gasteiger partial charge in [0.1, 0.15) is 11.5 Å². The average molecular weight is 383 g/mol. The Labute approximate surface area is 171 Å². The molecule has 0 spiro atoms. The summed E-state index contributed by atoms with van der Waals surface area (Å²) >= 11 is 1.67. The minimum Gasteiger partial charge on any atom is -0.456 e. The highest BCUT2D eigenvalue weighted by Gasteiger charge is 2.10. The van der Waals surface area contributed by atoms with Gasteiger partial charge >= 0.3 is 0 Å². The molecular formula is C25H34OS. The fraction of sp³-hybridized carbons (Fsp3) is 0.280. The molecular weight excluding hydrogens is 348 g/mol. The van der Waals surface area contributed by atoms with E-state index in [0.29, 0.717) is 0 Å². The first-order valence-corrected chi connectivity index (χ1v) is 9.54. The topological polar surface area (TPSA) is 9.23 Å². The van der Waals surface area contributed by atoms with Crippen LogP contribution in [0.3, 0.4) is 0 Å². The van der Waals surface area contributed by atoms with Crippen LogP contribution in [0.4, 0.5) is 0 Å². The lowest BCUT2D eigenvalue weighted by atomic mass is 10.0. The van der Waals surface area contributed by atoms with Crippen LogP contribution in [-0.2, 0) is 0 Å². The van der Waals surface area contributed by atoms with Crippen molar-refractivity contribution in [3.05, 3.63) is 82.1 Å². The lowest BCUT2D eigenvalue weighted by Gasteiger charge is -2.13. The second-order valence-corrected chi connectivity index (χ2v) is 7.12. The van der Waals surface area contributed by atoms with Crippen LogP contribution in [0.5, 0.6) is 5.75 Å². The molecule has 1 nitrogen and oxygen atoms in total. The number of rotatable bonds is 3. The van der Waals surface area contributed by atoms with Gasteiger partial charge in [-0.15, -0.1) is 37.3 Å². The zero-order chi connectivity index (χ0) is 21.6. The molecule has 1 heterocycles. The Kier molecular flexibility index (Phi) is 14.5. The van der Waals surface area contributed by atoms with Gasteiger partial charge in [-0.1, -0.05) is 24.3 Å². The summed E-state index contributed by atoms with van der Waals surface area (Å²) in [5.74, 6) is 1.63. The Hall–Kier alpha value is -2.50. The Morgan fingerprint density at radius 3 is 1.85 bits per heavy atom. The van der Waals surface area contributed by atoms with Gasteiger partial charge in [-0.3, -0.25) is 0 Å². The van der Waals surface area contributed by atoms with Crippen molar-refractivity contribution in [3.63, 3.8) is 0 Å². The molecule has 0 N–H and O–H groups in total. The maximum absolute atomic E-state index is 5.92. The highest BCUT2D eigenvalue weighted by molar-refractivity contribution is 7.11. The minimum atomic E-state index is 0.730. The van der Waals surface area contributed by atoms with Gasteiger partial charge in [0, 0.05) is 0 Å². The van der Waals surface area contributed by atoms with Crippen LogP contribution in [0.1, 0.15) is 47.9 Å². The predicted molar refractivity (Wildman–Crippen MR) is 126 cm³/mol. The van der Waals surface area contributed by atoms with E-state index in [2.05, 4.69) is 77.8 Å². The van der Waals surface area contributed by atoms with E-state index in [1.165, 1.54) is 27.8 Å². The highest BCUT2D eigenvalue weighted by Crippen LogP contribution is 2.30. The molecule has 146 valence electrons. The molecule has 2 heteroatoms. The Morgan fingerprint density at radius 2 is 1.44 bits per heavy atom. The van der Waals surface area contributed by atoms with Gasteiger partial charge in [-0.2, -0.15) is 0 Å². The van der Waals surface area contributed by atoms with Gasteiger partial charge in [0.25, 0.3) is 0 Å². The Morgan fingerprint density at radius 1 is 0.963 bits per heavy atom. The van der Waals surface area contributed by atoms with Crippen LogP contribution in [0.2, 0.25) is 0 Å². The molecule has 0 aliphatic rings. The molecule has 27 heavy (non-hydrogen) atoms. The molecule has 0 atom stereocenters. The molecule has 0 aliphatic carbocycles. The van der Waals surface area contributed by atoms with Gasteiger partial charge in [0.2, 0.25) is 0 Å². The minimum absolute atomic E-state index is 0.730. The van der Waals surface area contributed by atoms with Crippen LogP contribution in [0.15, 0.2) is 55.0 Å². The molecule has 0 saturated heterocycles. The molecule has 0 aliphatic heterocycles. The fourth-order valence-electron chi connectivity index (χ4n) is 1.88. The van der Waals surface area contributed by atoms with E-state index in [1.54, 1.807) is 17.4 Å². The van der Waals surface area contributed by atoms with Gasteiger partial charge < -0.3 is 4.74 Å². The zero-order valence-corrected chi connectivity index (χ0v) is 18.8. The van der Waals surface area contributed by atoms with Crippen LogP contribution in [-0.4, -0.2) is 0 Å². The number of hydrogen-bond donors (Lipinski definition) is 0. The van der Waals surface area contributed by atoms with E-state index < -0.39 is 0 Å². The number of thiophene rings is 1. The summed E-state index contributed by atoms with van der Waals surface area (Å²) in [5.41, 5.74) is 6.14. The Balaban J connectivity index is 0. The molecule has 2 rings (SSSR count). The molecule has 0 unspecified atom stereocenters. The summed E-state index contributed by atoms with van der Waals surface area (Å²) in [4.78, 5) is 1.12. The van der Waals surface area contributed by atoms with Gasteiger partial charge in [-0.05, 0) is 88.2 Å². The zero-order valence-electron chi connectivity index (χ0n) is 18.0. The predicted octanol–water partition coefficient (Wildman–Crippen LogP) is 8.06. The van der Waals surface area contributed by atoms with Crippen molar-refractivity contribution in [2.45, 2.75) is 48.5 Å². The molecule has 2 aromatic rings. The molecule has 0 saturated carbocycles. The van der Waals surface area contributed by atoms with Crippen LogP contribution in [0.25, 0.3) is 5.76 Å². The van der Waals surface area contributed by atoms with Crippen molar-refractivity contribution in [3.8, 4) is 18.6 Å². The lowest BCUT2D eigenvalue weighted by molar-refractivity contribution is 0.513. The van der Waals surface area contributed by atoms with E-state index in [9.17, 15) is 0 Å². The molecule has 1 aromatic carbocycles. The van der Waals surface area contributed by atoms with Crippen LogP contribution in [0, 0.1) is 40.5 Å². The lowest BCUT2D eigenvalue weighted by Crippen LogP contribution is -1.97. The number of terminal acetylenes is 1. The number of ether oxygens (including phenoxy) is 1. The fourth-order valence-corrected chi connectivity index (χ4v) is 2.71. The maximum Gasteiger partial charge on any atom is 0.137 e. The second kappa shape index (κ2) is 14.6. The van der Waals surface area contributed by atoms with Crippen LogP contribution < -0.4 is 4.74 Å². The third-order valence-electron chi connectivity index (χ3n) is 3.36. The van der Waals surface area contributed by atoms with Crippen LogP contribution >= 0.6 is 11.3 Å². The normalized spacial score (nSPS) is 8.48. The Bertz CT molecular complexity index is 756. The number of hydrogen-bond acceptors (Lipinski definition) is 2. The van der Waals surface area contributed by atoms with Gasteiger partial charge in [0.05, 0.1) is 4.88 Å². The quantitative estimate of drug-likeness (QED) is 0.296. The smallest absolute Gasteiger partial charge is 0.137 e. The summed E-state index contributed by atoms with van der Waals surface area (Å²) in [6, 6.07) is 6.19. The summed E-state index contributed by atoms with van der Waals surface area (Å²) in [6.45, 7) is 25.2. The molecule has 0 bridgehead atoms. The first-order valence-electron chi connectivity index (χ1n) is 8.66. The largest absolute Gasteiger partial charge is 0.456 e. The standard InChI is InChI=1S/C16H18OS.C4H8.C3H6.C2H2/c1-10-6-7-15(13(4)12(10)3)17-14(5)16-11(2)8-9-18-16;1-4(2)3;1-3-2;1-2/h6-9H,5H2,1-4H3;1H2,2-3H3;3H,1H2,2H3;1-2H. The second-order valence-electron chi connectivity index (χ2n) is 6.20. The van der Waals surface area contributed by atoms with Gasteiger partial charge in [0.15, 0.2) is 0 Å². The summed E-state index contributed by atoms with van der Waals surface area (Å²) in [7, 11) is 0. The monoisotopic (exact) mass is 382 g/mol. The first-order chi connectivity index (χ1) is 12.6. The third kappa shape index (κ3) is 10.3. The molecule has 1 aromatic heterocycles. The van der Waals surface area contributed by atoms with Crippen molar-refractivity contribution in [1.82, 2.24) is 0 Å². The number of benzene rings is 1. The van der Waals surface area contributed by atoms with E-state index in [0.717, 1.165) is 16.4 Å². The van der Waals surface area contributed by atoms with Crippen molar-refractivity contribution in [1.29, 1.82) is 0 Å². The third-order valence-corrected chi connectivity index (χ3v) is 4.41. The molecule has 0 fully saturated rings. The SMILES string of the molecule is C#C.C=C(C)C.C=C(Oc1ccc(C)c(C)c1C)c1sccc1C.C=CC. The number of aryl methyl sites for hydroxylation is 2. The van der Waals surface area contributed by atoms with E-state index in [-0.39, 0.29) is 0 Å². The molecule has 0 radical (unpaired) electrons. The molecule has 0 amide bonds. The van der Waals surface area contributed by atoms with Crippen molar-refractivity contribution >= 4 is 17.1 Å². The van der Waals surface area contributed by atoms with E-state index in [1.807, 2.05) is 26.8 Å². The maximum atomic E-state index is 5.92. The number of allylic oxidation sites excluding steroid dienone is 2. The van der Waals surface area contributed by atoms with E-state index in [4.69, 9.17) is 4.74 Å². The van der Waals surface area contributed by atoms with Crippen molar-refractivity contribution < 1.29 is 4.74 Å². The first kappa shape index (κ1) is 26.7. The van der Waals surface area contributed by atoms with E-state index >= 15 is 0 Å². The summed E-state index contributed by atoms with van der Waals surface area (Å²) in [6.07, 6.45) is 9.75. The van der Waals surface area contributed by atoms with Crippen molar-refractivity contribution in [2.75, 3.05) is 0 Å². The highest BCUT2D eigenvalue weighted by atomic mass is 32.1. The average Bonchev–Trinajstić information content (AvgIpc) is 3.03.